The van der Waals surface area contributed by atoms with Gasteiger partial charge >= 0.3 is 0 Å². The van der Waals surface area contributed by atoms with Crippen LogP contribution < -0.4 is 14.8 Å². The maximum Gasteiger partial charge on any atom is 0.262 e. The lowest BCUT2D eigenvalue weighted by Gasteiger charge is -2.18. The molecular formula is C18H17F2NO3. The van der Waals surface area contributed by atoms with E-state index in [9.17, 15) is 13.6 Å². The van der Waals surface area contributed by atoms with Crippen molar-refractivity contribution in [3.8, 4) is 11.5 Å². The van der Waals surface area contributed by atoms with Crippen LogP contribution in [0, 0.1) is 11.6 Å². The molecule has 0 spiro atoms. The zero-order chi connectivity index (χ0) is 17.3. The summed E-state index contributed by atoms with van der Waals surface area (Å²) >= 11 is 0. The molecule has 0 aromatic heterocycles. The molecule has 0 saturated carbocycles. The van der Waals surface area contributed by atoms with E-state index in [1.54, 1.807) is 6.07 Å². The van der Waals surface area contributed by atoms with E-state index in [4.69, 9.17) is 9.47 Å². The molecule has 2 aromatic carbocycles. The Balaban J connectivity index is 1.65. The van der Waals surface area contributed by atoms with Gasteiger partial charge in [0.25, 0.3) is 5.91 Å². The molecule has 6 heteroatoms. The number of para-hydroxylation sites is 1. The molecule has 1 heterocycles. The van der Waals surface area contributed by atoms with Crippen molar-refractivity contribution < 1.29 is 23.0 Å². The standard InChI is InChI=1S/C18H17F2NO3/c1-18(2)9-11-4-3-5-15(17(11)24-18)23-10-16(22)21-14-7-6-12(19)8-13(14)20/h3-8H,9-10H2,1-2H3,(H,21,22). The molecule has 0 atom stereocenters. The molecule has 0 fully saturated rings. The van der Waals surface area contributed by atoms with E-state index in [1.807, 2.05) is 26.0 Å². The predicted octanol–water partition coefficient (Wildman–Crippen LogP) is 3.70. The minimum absolute atomic E-state index is 0.0966. The number of benzene rings is 2. The van der Waals surface area contributed by atoms with Gasteiger partial charge in [-0.2, -0.15) is 0 Å². The van der Waals surface area contributed by atoms with Crippen molar-refractivity contribution in [1.29, 1.82) is 0 Å². The molecule has 3 rings (SSSR count). The molecule has 1 amide bonds. The van der Waals surface area contributed by atoms with Gasteiger partial charge in [0.05, 0.1) is 5.69 Å². The molecule has 0 radical (unpaired) electrons. The quantitative estimate of drug-likeness (QED) is 0.928. The van der Waals surface area contributed by atoms with Gasteiger partial charge in [0.15, 0.2) is 18.1 Å². The average molecular weight is 333 g/mol. The Labute approximate surface area is 138 Å². The summed E-state index contributed by atoms with van der Waals surface area (Å²) < 4.78 is 37.7. The molecule has 0 aliphatic carbocycles. The number of carbonyl (C=O) groups excluding carboxylic acids is 1. The molecule has 126 valence electrons. The van der Waals surface area contributed by atoms with Crippen LogP contribution in [0.1, 0.15) is 19.4 Å². The molecule has 1 aliphatic rings. The third kappa shape index (κ3) is 3.48. The van der Waals surface area contributed by atoms with Crippen molar-refractivity contribution in [2.75, 3.05) is 11.9 Å². The van der Waals surface area contributed by atoms with Gasteiger partial charge in [-0.25, -0.2) is 8.78 Å². The number of hydrogen-bond donors (Lipinski definition) is 1. The molecule has 1 N–H and O–H groups in total. The lowest BCUT2D eigenvalue weighted by molar-refractivity contribution is -0.118. The second kappa shape index (κ2) is 6.11. The predicted molar refractivity (Wildman–Crippen MR) is 85.3 cm³/mol. The van der Waals surface area contributed by atoms with Crippen LogP contribution in [-0.4, -0.2) is 18.1 Å². The maximum atomic E-state index is 13.5. The zero-order valence-electron chi connectivity index (χ0n) is 13.4. The van der Waals surface area contributed by atoms with Gasteiger partial charge in [-0.3, -0.25) is 4.79 Å². The largest absolute Gasteiger partial charge is 0.483 e. The van der Waals surface area contributed by atoms with E-state index in [1.165, 1.54) is 0 Å². The summed E-state index contributed by atoms with van der Waals surface area (Å²) in [6.45, 7) is 3.64. The van der Waals surface area contributed by atoms with Crippen molar-refractivity contribution in [2.24, 2.45) is 0 Å². The highest BCUT2D eigenvalue weighted by Gasteiger charge is 2.32. The summed E-state index contributed by atoms with van der Waals surface area (Å²) in [4.78, 5) is 11.9. The minimum atomic E-state index is -0.839. The number of rotatable bonds is 4. The summed E-state index contributed by atoms with van der Waals surface area (Å²) in [5, 5.41) is 2.35. The Morgan fingerprint density at radius 2 is 2.08 bits per heavy atom. The molecular weight excluding hydrogens is 316 g/mol. The summed E-state index contributed by atoms with van der Waals surface area (Å²) in [5.41, 5.74) is 0.601. The average Bonchev–Trinajstić information content (AvgIpc) is 2.82. The van der Waals surface area contributed by atoms with Gasteiger partial charge in [0.2, 0.25) is 0 Å². The van der Waals surface area contributed by atoms with Crippen LogP contribution in [0.5, 0.6) is 11.5 Å². The number of ether oxygens (including phenoxy) is 2. The zero-order valence-corrected chi connectivity index (χ0v) is 13.4. The van der Waals surface area contributed by atoms with Gasteiger partial charge in [-0.15, -0.1) is 0 Å². The molecule has 2 aromatic rings. The van der Waals surface area contributed by atoms with Crippen LogP contribution in [0.15, 0.2) is 36.4 Å². The minimum Gasteiger partial charge on any atom is -0.483 e. The Morgan fingerprint density at radius 1 is 1.29 bits per heavy atom. The molecule has 24 heavy (non-hydrogen) atoms. The Bertz CT molecular complexity index is 790. The van der Waals surface area contributed by atoms with Gasteiger partial charge in [0.1, 0.15) is 17.2 Å². The van der Waals surface area contributed by atoms with Crippen LogP contribution in [0.25, 0.3) is 0 Å². The number of amides is 1. The number of nitrogens with one attached hydrogen (secondary N) is 1. The van der Waals surface area contributed by atoms with Crippen molar-refractivity contribution >= 4 is 11.6 Å². The van der Waals surface area contributed by atoms with E-state index in [2.05, 4.69) is 5.32 Å². The first-order valence-electron chi connectivity index (χ1n) is 7.53. The van der Waals surface area contributed by atoms with E-state index < -0.39 is 17.5 Å². The van der Waals surface area contributed by atoms with Gasteiger partial charge in [-0.05, 0) is 32.0 Å². The first-order valence-corrected chi connectivity index (χ1v) is 7.53. The fourth-order valence-corrected chi connectivity index (χ4v) is 2.62. The smallest absolute Gasteiger partial charge is 0.262 e. The summed E-state index contributed by atoms with van der Waals surface area (Å²) in [7, 11) is 0. The van der Waals surface area contributed by atoms with E-state index in [0.717, 1.165) is 24.1 Å². The van der Waals surface area contributed by atoms with E-state index in [0.29, 0.717) is 17.6 Å². The SMILES string of the molecule is CC1(C)Cc2cccc(OCC(=O)Nc3ccc(F)cc3F)c2O1. The summed E-state index contributed by atoms with van der Waals surface area (Å²) in [6.07, 6.45) is 0.756. The molecule has 0 unspecified atom stereocenters. The first kappa shape index (κ1) is 16.2. The maximum absolute atomic E-state index is 13.5. The number of halogens is 2. The highest BCUT2D eigenvalue weighted by molar-refractivity contribution is 5.92. The lowest BCUT2D eigenvalue weighted by Crippen LogP contribution is -2.25. The number of fused-ring (bicyclic) bond motifs is 1. The number of carbonyl (C=O) groups is 1. The van der Waals surface area contributed by atoms with Crippen molar-refractivity contribution in [3.05, 3.63) is 53.6 Å². The van der Waals surface area contributed by atoms with Gasteiger partial charge in [0, 0.05) is 18.1 Å². The van der Waals surface area contributed by atoms with Gasteiger partial charge < -0.3 is 14.8 Å². The first-order chi connectivity index (χ1) is 11.3. The monoisotopic (exact) mass is 333 g/mol. The summed E-state index contributed by atoms with van der Waals surface area (Å²) in [6, 6.07) is 8.43. The van der Waals surface area contributed by atoms with Crippen molar-refractivity contribution in [1.82, 2.24) is 0 Å². The lowest BCUT2D eigenvalue weighted by atomic mass is 10.0. The Hall–Kier alpha value is -2.63. The fraction of sp³-hybridized carbons (Fsp3) is 0.278. The normalized spacial score (nSPS) is 14.7. The number of hydrogen-bond acceptors (Lipinski definition) is 3. The molecule has 0 saturated heterocycles. The Morgan fingerprint density at radius 3 is 2.83 bits per heavy atom. The fourth-order valence-electron chi connectivity index (χ4n) is 2.62. The highest BCUT2D eigenvalue weighted by atomic mass is 19.1. The van der Waals surface area contributed by atoms with Crippen LogP contribution in [0.2, 0.25) is 0 Å². The third-order valence-electron chi connectivity index (χ3n) is 3.62. The van der Waals surface area contributed by atoms with Crippen LogP contribution in [-0.2, 0) is 11.2 Å². The molecule has 4 nitrogen and oxygen atoms in total. The molecule has 1 aliphatic heterocycles. The third-order valence-corrected chi connectivity index (χ3v) is 3.62. The highest BCUT2D eigenvalue weighted by Crippen LogP contribution is 2.41. The Kier molecular flexibility index (Phi) is 4.13. The topological polar surface area (TPSA) is 47.6 Å². The van der Waals surface area contributed by atoms with Crippen LogP contribution >= 0.6 is 0 Å². The number of anilines is 1. The van der Waals surface area contributed by atoms with Crippen molar-refractivity contribution in [3.63, 3.8) is 0 Å². The van der Waals surface area contributed by atoms with E-state index in [-0.39, 0.29) is 17.9 Å². The summed E-state index contributed by atoms with van der Waals surface area (Å²) in [5.74, 6) is -0.998. The van der Waals surface area contributed by atoms with Crippen LogP contribution in [0.4, 0.5) is 14.5 Å². The van der Waals surface area contributed by atoms with Gasteiger partial charge in [-0.1, -0.05) is 12.1 Å². The molecule has 0 bridgehead atoms. The second-order valence-corrected chi connectivity index (χ2v) is 6.24. The van der Waals surface area contributed by atoms with Crippen molar-refractivity contribution in [2.45, 2.75) is 25.9 Å². The van der Waals surface area contributed by atoms with Crippen LogP contribution in [0.3, 0.4) is 0 Å². The van der Waals surface area contributed by atoms with E-state index >= 15 is 0 Å². The second-order valence-electron chi connectivity index (χ2n) is 6.24.